The highest BCUT2D eigenvalue weighted by molar-refractivity contribution is 6.62. The van der Waals surface area contributed by atoms with E-state index in [1.807, 2.05) is 52.8 Å². The van der Waals surface area contributed by atoms with E-state index in [0.717, 1.165) is 22.2 Å². The van der Waals surface area contributed by atoms with E-state index in [4.69, 9.17) is 14.0 Å². The SMILES string of the molecule is Cc1cc(F)ccc1C[C@@H]1C[C@H](O)c2cc(B3OC(C)(C)C(C)(C)O3)ccc2O1. The molecule has 29 heavy (non-hydrogen) atoms. The molecule has 2 aromatic rings. The Kier molecular flexibility index (Phi) is 5.00. The zero-order chi connectivity index (χ0) is 21.0. The highest BCUT2D eigenvalue weighted by Gasteiger charge is 2.51. The molecule has 2 aromatic carbocycles. The van der Waals surface area contributed by atoms with E-state index >= 15 is 0 Å². The van der Waals surface area contributed by atoms with Gasteiger partial charge in [-0.1, -0.05) is 18.2 Å². The van der Waals surface area contributed by atoms with Gasteiger partial charge in [0, 0.05) is 18.4 Å². The third kappa shape index (κ3) is 3.81. The van der Waals surface area contributed by atoms with E-state index in [1.54, 1.807) is 6.07 Å². The molecule has 0 aliphatic carbocycles. The zero-order valence-corrected chi connectivity index (χ0v) is 17.7. The minimum atomic E-state index is -0.633. The van der Waals surface area contributed by atoms with Crippen molar-refractivity contribution in [2.75, 3.05) is 0 Å². The Balaban J connectivity index is 1.53. The summed E-state index contributed by atoms with van der Waals surface area (Å²) in [6, 6.07) is 10.5. The molecule has 1 saturated heterocycles. The maximum atomic E-state index is 13.4. The number of aliphatic hydroxyl groups excluding tert-OH is 1. The van der Waals surface area contributed by atoms with Crippen LogP contribution in [0.2, 0.25) is 0 Å². The fourth-order valence-electron chi connectivity index (χ4n) is 3.92. The summed E-state index contributed by atoms with van der Waals surface area (Å²) in [6.07, 6.45) is 0.314. The van der Waals surface area contributed by atoms with Crippen molar-refractivity contribution in [3.8, 4) is 5.75 Å². The van der Waals surface area contributed by atoms with Crippen LogP contribution in [0.5, 0.6) is 5.75 Å². The summed E-state index contributed by atoms with van der Waals surface area (Å²) in [5, 5.41) is 10.8. The first-order valence-corrected chi connectivity index (χ1v) is 10.1. The van der Waals surface area contributed by atoms with Gasteiger partial charge in [0.05, 0.1) is 17.3 Å². The number of aliphatic hydroxyl groups is 1. The standard InChI is InChI=1S/C23H28BFO4/c1-14-10-17(25)8-6-15(14)11-18-13-20(26)19-12-16(7-9-21(19)27-18)24-28-22(2,3)23(4,5)29-24/h6-10,12,18,20,26H,11,13H2,1-5H3/t18-,20+/m1/s1. The van der Waals surface area contributed by atoms with Gasteiger partial charge in [-0.3, -0.25) is 0 Å². The summed E-state index contributed by atoms with van der Waals surface area (Å²) in [4.78, 5) is 0. The molecule has 0 saturated carbocycles. The molecule has 0 aromatic heterocycles. The van der Waals surface area contributed by atoms with E-state index in [1.165, 1.54) is 12.1 Å². The third-order valence-electron chi connectivity index (χ3n) is 6.45. The van der Waals surface area contributed by atoms with E-state index < -0.39 is 24.4 Å². The molecule has 1 N–H and O–H groups in total. The predicted octanol–water partition coefficient (Wildman–Crippen LogP) is 3.86. The number of ether oxygens (including phenoxy) is 1. The van der Waals surface area contributed by atoms with Gasteiger partial charge in [-0.05, 0) is 69.4 Å². The van der Waals surface area contributed by atoms with E-state index in [2.05, 4.69) is 0 Å². The highest BCUT2D eigenvalue weighted by Crippen LogP contribution is 2.38. The van der Waals surface area contributed by atoms with Gasteiger partial charge in [0.25, 0.3) is 0 Å². The Hall–Kier alpha value is -1.89. The largest absolute Gasteiger partial charge is 0.494 e. The molecular weight excluding hydrogens is 370 g/mol. The Morgan fingerprint density at radius 3 is 2.41 bits per heavy atom. The Morgan fingerprint density at radius 2 is 1.76 bits per heavy atom. The van der Waals surface area contributed by atoms with Crippen LogP contribution in [0.15, 0.2) is 36.4 Å². The summed E-state index contributed by atoms with van der Waals surface area (Å²) in [5.41, 5.74) is 2.72. The average Bonchev–Trinajstić information content (AvgIpc) is 2.85. The highest BCUT2D eigenvalue weighted by atomic mass is 19.1. The molecule has 2 aliphatic heterocycles. The molecule has 0 amide bonds. The summed E-state index contributed by atoms with van der Waals surface area (Å²) in [5.74, 6) is 0.435. The molecule has 0 spiro atoms. The normalized spacial score (nSPS) is 24.9. The first-order valence-electron chi connectivity index (χ1n) is 10.1. The second kappa shape index (κ2) is 7.12. The smallest absolute Gasteiger partial charge is 0.490 e. The van der Waals surface area contributed by atoms with Crippen LogP contribution in [0, 0.1) is 12.7 Å². The van der Waals surface area contributed by atoms with E-state index in [-0.39, 0.29) is 11.9 Å². The van der Waals surface area contributed by atoms with Gasteiger partial charge in [-0.25, -0.2) is 4.39 Å². The minimum Gasteiger partial charge on any atom is -0.490 e. The molecule has 4 nitrogen and oxygen atoms in total. The Bertz CT molecular complexity index is 911. The molecule has 0 radical (unpaired) electrons. The second-order valence-corrected chi connectivity index (χ2v) is 9.15. The predicted molar refractivity (Wildman–Crippen MR) is 111 cm³/mol. The van der Waals surface area contributed by atoms with Crippen LogP contribution in [0.4, 0.5) is 4.39 Å². The first-order chi connectivity index (χ1) is 13.6. The maximum Gasteiger partial charge on any atom is 0.494 e. The van der Waals surface area contributed by atoms with Crippen molar-refractivity contribution in [2.45, 2.75) is 70.9 Å². The molecule has 154 valence electrons. The fraction of sp³-hybridized carbons (Fsp3) is 0.478. The van der Waals surface area contributed by atoms with Crippen molar-refractivity contribution in [1.82, 2.24) is 0 Å². The van der Waals surface area contributed by atoms with Gasteiger partial charge < -0.3 is 19.2 Å². The maximum absolute atomic E-state index is 13.4. The summed E-state index contributed by atoms with van der Waals surface area (Å²) in [7, 11) is -0.475. The van der Waals surface area contributed by atoms with Crippen molar-refractivity contribution < 1.29 is 23.5 Å². The van der Waals surface area contributed by atoms with Crippen LogP contribution in [-0.4, -0.2) is 29.5 Å². The second-order valence-electron chi connectivity index (χ2n) is 9.15. The van der Waals surface area contributed by atoms with Crippen molar-refractivity contribution in [2.24, 2.45) is 0 Å². The molecule has 0 unspecified atom stereocenters. The molecule has 2 atom stereocenters. The lowest BCUT2D eigenvalue weighted by atomic mass is 9.77. The Labute approximate surface area is 172 Å². The first kappa shape index (κ1) is 20.4. The van der Waals surface area contributed by atoms with Crippen LogP contribution in [0.3, 0.4) is 0 Å². The lowest BCUT2D eigenvalue weighted by molar-refractivity contribution is 0.00578. The molecular formula is C23H28BFO4. The number of benzene rings is 2. The van der Waals surface area contributed by atoms with Crippen LogP contribution in [0.1, 0.15) is 56.9 Å². The molecule has 6 heteroatoms. The summed E-state index contributed by atoms with van der Waals surface area (Å²) >= 11 is 0. The van der Waals surface area contributed by atoms with Crippen LogP contribution in [-0.2, 0) is 15.7 Å². The van der Waals surface area contributed by atoms with E-state index in [9.17, 15) is 9.50 Å². The molecule has 2 heterocycles. The van der Waals surface area contributed by atoms with Crippen LogP contribution < -0.4 is 10.2 Å². The number of aryl methyl sites for hydroxylation is 1. The molecule has 1 fully saturated rings. The van der Waals surface area contributed by atoms with Gasteiger partial charge in [-0.2, -0.15) is 0 Å². The Morgan fingerprint density at radius 1 is 1.07 bits per heavy atom. The van der Waals surface area contributed by atoms with Crippen molar-refractivity contribution in [1.29, 1.82) is 0 Å². The zero-order valence-electron chi connectivity index (χ0n) is 17.7. The van der Waals surface area contributed by atoms with Crippen molar-refractivity contribution in [3.63, 3.8) is 0 Å². The van der Waals surface area contributed by atoms with E-state index in [0.29, 0.717) is 18.6 Å². The fourth-order valence-corrected chi connectivity index (χ4v) is 3.92. The van der Waals surface area contributed by atoms with Crippen molar-refractivity contribution >= 4 is 12.6 Å². The average molecular weight is 398 g/mol. The van der Waals surface area contributed by atoms with Gasteiger partial charge in [0.15, 0.2) is 0 Å². The minimum absolute atomic E-state index is 0.163. The van der Waals surface area contributed by atoms with Crippen molar-refractivity contribution in [3.05, 3.63) is 58.9 Å². The van der Waals surface area contributed by atoms with Crippen LogP contribution in [0.25, 0.3) is 0 Å². The topological polar surface area (TPSA) is 47.9 Å². The summed E-state index contributed by atoms with van der Waals surface area (Å²) < 4.78 is 31.8. The quantitative estimate of drug-likeness (QED) is 0.798. The van der Waals surface area contributed by atoms with Gasteiger partial charge >= 0.3 is 7.12 Å². The van der Waals surface area contributed by atoms with Gasteiger partial charge in [0.1, 0.15) is 17.7 Å². The number of hydrogen-bond donors (Lipinski definition) is 1. The lowest BCUT2D eigenvalue weighted by Gasteiger charge is -2.32. The number of halogens is 1. The molecule has 0 bridgehead atoms. The van der Waals surface area contributed by atoms with Crippen LogP contribution >= 0.6 is 0 Å². The molecule has 2 aliphatic rings. The monoisotopic (exact) mass is 398 g/mol. The summed E-state index contributed by atoms with van der Waals surface area (Å²) in [6.45, 7) is 9.97. The number of rotatable bonds is 3. The molecule has 4 rings (SSSR count). The third-order valence-corrected chi connectivity index (χ3v) is 6.45. The van der Waals surface area contributed by atoms with Gasteiger partial charge in [-0.15, -0.1) is 0 Å². The van der Waals surface area contributed by atoms with Gasteiger partial charge in [0.2, 0.25) is 0 Å². The number of hydrogen-bond acceptors (Lipinski definition) is 4. The lowest BCUT2D eigenvalue weighted by Crippen LogP contribution is -2.41. The number of fused-ring (bicyclic) bond motifs is 1.